The molecule has 1 aliphatic rings. The second-order valence-electron chi connectivity index (χ2n) is 8.39. The Kier molecular flexibility index (Phi) is 8.30. The molecule has 0 saturated carbocycles. The van der Waals surface area contributed by atoms with Crippen molar-refractivity contribution in [1.29, 1.82) is 0 Å². The van der Waals surface area contributed by atoms with E-state index in [-0.39, 0.29) is 11.8 Å². The average Bonchev–Trinajstić information content (AvgIpc) is 2.65. The van der Waals surface area contributed by atoms with Gasteiger partial charge in [-0.1, -0.05) is 37.3 Å². The number of likely N-dealkylation sites (tertiary alicyclic amines) is 1. The molecule has 1 heterocycles. The van der Waals surface area contributed by atoms with Gasteiger partial charge in [-0.3, -0.25) is 9.69 Å². The monoisotopic (exact) mass is 389 g/mol. The molecule has 0 spiro atoms. The number of nitrogens with zero attached hydrogens (tertiary/aromatic N) is 1. The van der Waals surface area contributed by atoms with E-state index in [2.05, 4.69) is 46.7 Å². The molecule has 6 nitrogen and oxygen atoms in total. The molecular weight excluding hydrogens is 354 g/mol. The van der Waals surface area contributed by atoms with Crippen LogP contribution in [-0.2, 0) is 9.53 Å². The first-order valence-electron chi connectivity index (χ1n) is 10.3. The summed E-state index contributed by atoms with van der Waals surface area (Å²) < 4.78 is 5.19. The SMILES string of the molecule is CCC(c1ccccc1)N1CCCC(C(=O)NCCNC(=O)OC(C)(C)C)C1. The summed E-state index contributed by atoms with van der Waals surface area (Å²) in [6, 6.07) is 10.9. The number of nitrogens with one attached hydrogen (secondary N) is 2. The highest BCUT2D eigenvalue weighted by Gasteiger charge is 2.29. The van der Waals surface area contributed by atoms with Crippen molar-refractivity contribution in [1.82, 2.24) is 15.5 Å². The van der Waals surface area contributed by atoms with Gasteiger partial charge in [-0.05, 0) is 52.1 Å². The van der Waals surface area contributed by atoms with Crippen molar-refractivity contribution in [2.24, 2.45) is 5.92 Å². The Hall–Kier alpha value is -2.08. The Bertz CT molecular complexity index is 628. The van der Waals surface area contributed by atoms with Crippen LogP contribution in [0.4, 0.5) is 4.79 Å². The number of alkyl carbamates (subject to hydrolysis) is 1. The molecule has 6 heteroatoms. The van der Waals surface area contributed by atoms with E-state index in [1.165, 1.54) is 5.56 Å². The zero-order valence-corrected chi connectivity index (χ0v) is 17.7. The molecule has 1 saturated heterocycles. The van der Waals surface area contributed by atoms with Gasteiger partial charge >= 0.3 is 6.09 Å². The molecule has 0 bridgehead atoms. The largest absolute Gasteiger partial charge is 0.444 e. The lowest BCUT2D eigenvalue weighted by Crippen LogP contribution is -2.45. The second-order valence-corrected chi connectivity index (χ2v) is 8.39. The topological polar surface area (TPSA) is 70.7 Å². The van der Waals surface area contributed by atoms with Gasteiger partial charge < -0.3 is 15.4 Å². The van der Waals surface area contributed by atoms with Crippen LogP contribution in [0.3, 0.4) is 0 Å². The highest BCUT2D eigenvalue weighted by Crippen LogP contribution is 2.29. The second kappa shape index (κ2) is 10.5. The highest BCUT2D eigenvalue weighted by molar-refractivity contribution is 5.79. The molecule has 2 rings (SSSR count). The van der Waals surface area contributed by atoms with E-state index < -0.39 is 11.7 Å². The van der Waals surface area contributed by atoms with Gasteiger partial charge in [0.1, 0.15) is 5.60 Å². The predicted molar refractivity (Wildman–Crippen MR) is 111 cm³/mol. The third-order valence-electron chi connectivity index (χ3n) is 4.93. The summed E-state index contributed by atoms with van der Waals surface area (Å²) >= 11 is 0. The van der Waals surface area contributed by atoms with Crippen LogP contribution < -0.4 is 10.6 Å². The molecule has 1 aliphatic heterocycles. The van der Waals surface area contributed by atoms with Crippen molar-refractivity contribution in [3.05, 3.63) is 35.9 Å². The van der Waals surface area contributed by atoms with Gasteiger partial charge in [-0.15, -0.1) is 0 Å². The summed E-state index contributed by atoms with van der Waals surface area (Å²) in [7, 11) is 0. The van der Waals surface area contributed by atoms with Crippen molar-refractivity contribution in [2.45, 2.75) is 58.6 Å². The Labute approximate surface area is 169 Å². The van der Waals surface area contributed by atoms with Crippen LogP contribution in [0.2, 0.25) is 0 Å². The van der Waals surface area contributed by atoms with Crippen molar-refractivity contribution in [3.63, 3.8) is 0 Å². The van der Waals surface area contributed by atoms with E-state index in [1.54, 1.807) is 0 Å². The summed E-state index contributed by atoms with van der Waals surface area (Å²) in [5.41, 5.74) is 0.792. The highest BCUT2D eigenvalue weighted by atomic mass is 16.6. The zero-order valence-electron chi connectivity index (χ0n) is 17.7. The normalized spacial score (nSPS) is 18.9. The first kappa shape index (κ1) is 22.2. The summed E-state index contributed by atoms with van der Waals surface area (Å²) in [4.78, 5) is 26.7. The van der Waals surface area contributed by atoms with Crippen molar-refractivity contribution >= 4 is 12.0 Å². The van der Waals surface area contributed by atoms with E-state index >= 15 is 0 Å². The zero-order chi connectivity index (χ0) is 20.6. The Morgan fingerprint density at radius 2 is 1.86 bits per heavy atom. The van der Waals surface area contributed by atoms with E-state index in [4.69, 9.17) is 4.74 Å². The maximum absolute atomic E-state index is 12.6. The first-order valence-corrected chi connectivity index (χ1v) is 10.3. The van der Waals surface area contributed by atoms with Crippen LogP contribution in [0.25, 0.3) is 0 Å². The van der Waals surface area contributed by atoms with Gasteiger partial charge in [0.15, 0.2) is 0 Å². The number of benzene rings is 1. The van der Waals surface area contributed by atoms with Crippen molar-refractivity contribution in [2.75, 3.05) is 26.2 Å². The minimum atomic E-state index is -0.520. The van der Waals surface area contributed by atoms with E-state index in [1.807, 2.05) is 26.8 Å². The Morgan fingerprint density at radius 1 is 1.18 bits per heavy atom. The molecule has 2 atom stereocenters. The molecule has 1 aromatic carbocycles. The van der Waals surface area contributed by atoms with Crippen molar-refractivity contribution < 1.29 is 14.3 Å². The molecule has 0 aliphatic carbocycles. The standard InChI is InChI=1S/C22H35N3O3/c1-5-19(17-10-7-6-8-11-17)25-15-9-12-18(16-25)20(26)23-13-14-24-21(27)28-22(2,3)4/h6-8,10-11,18-19H,5,9,12-16H2,1-4H3,(H,23,26)(H,24,27). The lowest BCUT2D eigenvalue weighted by molar-refractivity contribution is -0.127. The van der Waals surface area contributed by atoms with Gasteiger partial charge in [0.2, 0.25) is 5.91 Å². The Morgan fingerprint density at radius 3 is 2.50 bits per heavy atom. The number of carbonyl (C=O) groups excluding carboxylic acids is 2. The summed E-state index contributed by atoms with van der Waals surface area (Å²) in [5.74, 6) is 0.0617. The number of carbonyl (C=O) groups is 2. The number of amides is 2. The molecule has 0 aromatic heterocycles. The molecule has 1 fully saturated rings. The van der Waals surface area contributed by atoms with E-state index in [9.17, 15) is 9.59 Å². The Balaban J connectivity index is 1.78. The van der Waals surface area contributed by atoms with Crippen LogP contribution in [0.15, 0.2) is 30.3 Å². The third kappa shape index (κ3) is 7.15. The maximum Gasteiger partial charge on any atom is 0.407 e. The fraction of sp³-hybridized carbons (Fsp3) is 0.636. The van der Waals surface area contributed by atoms with E-state index in [0.717, 1.165) is 32.4 Å². The molecule has 156 valence electrons. The van der Waals surface area contributed by atoms with Gasteiger partial charge in [0, 0.05) is 25.7 Å². The lowest BCUT2D eigenvalue weighted by Gasteiger charge is -2.37. The van der Waals surface area contributed by atoms with Gasteiger partial charge in [-0.25, -0.2) is 4.79 Å². The maximum atomic E-state index is 12.6. The fourth-order valence-corrected chi connectivity index (χ4v) is 3.69. The van der Waals surface area contributed by atoms with Gasteiger partial charge in [0.05, 0.1) is 5.92 Å². The minimum absolute atomic E-state index is 0.00645. The number of hydrogen-bond acceptors (Lipinski definition) is 4. The number of ether oxygens (including phenoxy) is 1. The van der Waals surface area contributed by atoms with Crippen LogP contribution in [0, 0.1) is 5.92 Å². The quantitative estimate of drug-likeness (QED) is 0.701. The number of hydrogen-bond donors (Lipinski definition) is 2. The van der Waals surface area contributed by atoms with E-state index in [0.29, 0.717) is 19.1 Å². The summed E-state index contributed by atoms with van der Waals surface area (Å²) in [6.45, 7) is 10.2. The smallest absolute Gasteiger partial charge is 0.407 e. The average molecular weight is 390 g/mol. The molecule has 1 aromatic rings. The lowest BCUT2D eigenvalue weighted by atomic mass is 9.93. The van der Waals surface area contributed by atoms with Crippen molar-refractivity contribution in [3.8, 4) is 0 Å². The molecule has 2 amide bonds. The first-order chi connectivity index (χ1) is 13.3. The fourth-order valence-electron chi connectivity index (χ4n) is 3.69. The van der Waals surface area contributed by atoms with Crippen LogP contribution in [-0.4, -0.2) is 48.7 Å². The predicted octanol–water partition coefficient (Wildman–Crippen LogP) is 3.49. The van der Waals surface area contributed by atoms with Crippen LogP contribution in [0.5, 0.6) is 0 Å². The summed E-state index contributed by atoms with van der Waals surface area (Å²) in [5, 5.41) is 5.62. The molecular formula is C22H35N3O3. The third-order valence-corrected chi connectivity index (χ3v) is 4.93. The van der Waals surface area contributed by atoms with Gasteiger partial charge in [-0.2, -0.15) is 0 Å². The van der Waals surface area contributed by atoms with Crippen LogP contribution in [0.1, 0.15) is 58.6 Å². The number of piperidine rings is 1. The number of rotatable bonds is 7. The molecule has 0 radical (unpaired) electrons. The molecule has 2 N–H and O–H groups in total. The summed E-state index contributed by atoms with van der Waals surface area (Å²) in [6.07, 6.45) is 2.50. The van der Waals surface area contributed by atoms with Crippen LogP contribution >= 0.6 is 0 Å². The minimum Gasteiger partial charge on any atom is -0.444 e. The van der Waals surface area contributed by atoms with Gasteiger partial charge in [0.25, 0.3) is 0 Å². The molecule has 2 unspecified atom stereocenters. The molecule has 28 heavy (non-hydrogen) atoms.